The standard InChI is InChI=1S/C88H116N2O4S7/c1-7-13-19-25-31-37-45-65-57-71(59-69(63-89)87(91)93-55-43-35-29-23-17-11-5)95-81(65)75-51-53-77(97-75)83-67(47-39-33-27-21-15-9-3)61-79(99-83)85-73-49-41-42-50-74(73)86(101-85)80-62-68(48-40-34-28-22-16-10-4)84(100-80)78-54-52-76(98-78)82-66(46-38-32-26-20-14-8-2)58-72(96-82)60-70(64-90)88(92)94-56-44-36-30-24-18-12-6/h41-42,49-54,57-62H,7-40,43-48,55-56H2,1-6H3. The minimum absolute atomic E-state index is 0.0699. The van der Waals surface area contributed by atoms with E-state index in [1.54, 1.807) is 34.8 Å². The first-order valence-corrected chi connectivity index (χ1v) is 45.2. The molecular formula is C88H116N2O4S7. The number of ether oxygens (including phenoxy) is 2. The quantitative estimate of drug-likeness (QED) is 0.0163. The third kappa shape index (κ3) is 25.8. The van der Waals surface area contributed by atoms with Crippen LogP contribution in [-0.2, 0) is 44.7 Å². The highest BCUT2D eigenvalue weighted by atomic mass is 32.1. The molecule has 13 heteroatoms. The van der Waals surface area contributed by atoms with Gasteiger partial charge in [-0.1, -0.05) is 258 Å². The SMILES string of the molecule is CCCCCCCCOC(=O)C(C#N)=Cc1cc(CCCCCCCC)c(-c2ccc(-c3sc(-c4sc(-c5cc(CCCCCCCC)c(-c6ccc(-c7sc(C=C(C#N)C(=O)OCCCCCCCC)cc7CCCCCCCC)s6)s5)c5ccccc45)cc3CCCCCCCC)s2)s1. The summed E-state index contributed by atoms with van der Waals surface area (Å²) in [5, 5.41) is 23.2. The zero-order valence-corrected chi connectivity index (χ0v) is 67.9. The number of unbranched alkanes of at least 4 members (excludes halogenated alkanes) is 30. The second kappa shape index (κ2) is 46.6. The van der Waals surface area contributed by atoms with Crippen molar-refractivity contribution in [2.75, 3.05) is 13.2 Å². The van der Waals surface area contributed by atoms with Gasteiger partial charge in [-0.05, 0) is 147 Å². The zero-order valence-electron chi connectivity index (χ0n) is 62.2. The number of esters is 2. The molecule has 101 heavy (non-hydrogen) atoms. The molecule has 0 saturated heterocycles. The molecule has 7 heterocycles. The lowest BCUT2D eigenvalue weighted by Gasteiger charge is -2.04. The first kappa shape index (κ1) is 81.4. The number of nitriles is 2. The smallest absolute Gasteiger partial charge is 0.348 e. The monoisotopic (exact) mass is 1490 g/mol. The highest BCUT2D eigenvalue weighted by Gasteiger charge is 2.25. The Balaban J connectivity index is 1.13. The van der Waals surface area contributed by atoms with E-state index in [1.165, 1.54) is 271 Å². The molecule has 0 radical (unpaired) electrons. The highest BCUT2D eigenvalue weighted by molar-refractivity contribution is 7.32. The van der Waals surface area contributed by atoms with E-state index in [4.69, 9.17) is 9.47 Å². The number of thiophene rings is 7. The molecule has 7 aromatic heterocycles. The molecule has 0 bridgehead atoms. The molecule has 8 aromatic rings. The molecule has 0 N–H and O–H groups in total. The van der Waals surface area contributed by atoms with Crippen LogP contribution in [0, 0.1) is 22.7 Å². The molecule has 0 unspecified atom stereocenters. The summed E-state index contributed by atoms with van der Waals surface area (Å²) in [6.45, 7) is 14.3. The summed E-state index contributed by atoms with van der Waals surface area (Å²) in [5.74, 6) is -1.05. The van der Waals surface area contributed by atoms with E-state index >= 15 is 0 Å². The Bertz CT molecular complexity index is 3640. The fourth-order valence-electron chi connectivity index (χ4n) is 13.5. The van der Waals surface area contributed by atoms with Gasteiger partial charge in [0, 0.05) is 69.3 Å². The zero-order chi connectivity index (χ0) is 71.2. The Kier molecular flexibility index (Phi) is 37.6. The molecule has 0 aliphatic rings. The second-order valence-electron chi connectivity index (χ2n) is 27.8. The van der Waals surface area contributed by atoms with Crippen LogP contribution >= 0.6 is 79.4 Å². The normalized spacial score (nSPS) is 11.9. The Morgan fingerprint density at radius 3 is 0.901 bits per heavy atom. The number of rotatable bonds is 52. The second-order valence-corrected chi connectivity index (χ2v) is 35.2. The summed E-state index contributed by atoms with van der Waals surface area (Å²) in [6.07, 6.45) is 50.5. The molecule has 0 aliphatic heterocycles. The van der Waals surface area contributed by atoms with Crippen molar-refractivity contribution in [3.63, 3.8) is 0 Å². The first-order valence-electron chi connectivity index (χ1n) is 39.5. The lowest BCUT2D eigenvalue weighted by molar-refractivity contribution is -0.139. The fourth-order valence-corrected chi connectivity index (χ4v) is 22.3. The van der Waals surface area contributed by atoms with Crippen molar-refractivity contribution in [3.8, 4) is 70.7 Å². The molecule has 8 rings (SSSR count). The van der Waals surface area contributed by atoms with E-state index in [1.807, 2.05) is 56.7 Å². The van der Waals surface area contributed by atoms with Gasteiger partial charge in [-0.3, -0.25) is 0 Å². The number of benzene rings is 1. The summed E-state index contributed by atoms with van der Waals surface area (Å²) in [5.41, 5.74) is 5.62. The van der Waals surface area contributed by atoms with Crippen LogP contribution in [0.4, 0.5) is 0 Å². The number of fused-ring (bicyclic) bond motifs is 1. The van der Waals surface area contributed by atoms with E-state index in [0.29, 0.717) is 13.2 Å². The largest absolute Gasteiger partial charge is 0.462 e. The number of hydrogen-bond acceptors (Lipinski definition) is 13. The van der Waals surface area contributed by atoms with Crippen molar-refractivity contribution in [3.05, 3.63) is 116 Å². The average molecular weight is 1490 g/mol. The molecule has 6 nitrogen and oxygen atoms in total. The topological polar surface area (TPSA) is 100 Å². The van der Waals surface area contributed by atoms with Crippen LogP contribution in [0.25, 0.3) is 81.5 Å². The Hall–Kier alpha value is -5.22. The summed E-state index contributed by atoms with van der Waals surface area (Å²) < 4.78 is 11.4. The molecular weight excluding hydrogens is 1370 g/mol. The van der Waals surface area contributed by atoms with Crippen LogP contribution in [0.5, 0.6) is 0 Å². The Labute approximate surface area is 636 Å². The third-order valence-electron chi connectivity index (χ3n) is 19.4. The molecule has 0 aliphatic carbocycles. The van der Waals surface area contributed by atoms with Crippen molar-refractivity contribution >= 4 is 114 Å². The fraction of sp³-hybridized carbons (Fsp3) is 0.545. The summed E-state index contributed by atoms with van der Waals surface area (Å²) in [6, 6.07) is 32.5. The van der Waals surface area contributed by atoms with Gasteiger partial charge in [0.2, 0.25) is 0 Å². The van der Waals surface area contributed by atoms with Crippen LogP contribution in [0.3, 0.4) is 0 Å². The minimum atomic E-state index is -0.523. The molecule has 1 aromatic carbocycles. The van der Waals surface area contributed by atoms with E-state index in [-0.39, 0.29) is 11.1 Å². The number of nitrogens with zero attached hydrogens (tertiary/aromatic N) is 2. The maximum Gasteiger partial charge on any atom is 0.348 e. The lowest BCUT2D eigenvalue weighted by atomic mass is 10.0. The Morgan fingerprint density at radius 1 is 0.317 bits per heavy atom. The summed E-state index contributed by atoms with van der Waals surface area (Å²) >= 11 is 13.1. The average Bonchev–Trinajstić information content (AvgIpc) is 1.61. The van der Waals surface area contributed by atoms with Crippen LogP contribution in [-0.4, -0.2) is 25.2 Å². The van der Waals surface area contributed by atoms with Gasteiger partial charge in [0.1, 0.15) is 23.3 Å². The van der Waals surface area contributed by atoms with E-state index < -0.39 is 11.9 Å². The molecule has 544 valence electrons. The van der Waals surface area contributed by atoms with E-state index in [2.05, 4.69) is 126 Å². The molecule has 0 amide bonds. The number of carbonyl (C=O) groups is 2. The maximum atomic E-state index is 13.4. The third-order valence-corrected chi connectivity index (χ3v) is 28.4. The maximum absolute atomic E-state index is 13.4. The lowest BCUT2D eigenvalue weighted by Crippen LogP contribution is -2.07. The summed E-state index contributed by atoms with van der Waals surface area (Å²) in [4.78, 5) is 44.3. The molecule has 0 saturated carbocycles. The minimum Gasteiger partial charge on any atom is -0.462 e. The molecule has 0 atom stereocenters. The van der Waals surface area contributed by atoms with Gasteiger partial charge in [0.25, 0.3) is 0 Å². The first-order chi connectivity index (χ1) is 49.6. The van der Waals surface area contributed by atoms with Crippen molar-refractivity contribution in [2.45, 2.75) is 298 Å². The van der Waals surface area contributed by atoms with Crippen LogP contribution in [0.15, 0.2) is 83.9 Å². The van der Waals surface area contributed by atoms with Crippen molar-refractivity contribution in [1.29, 1.82) is 10.5 Å². The van der Waals surface area contributed by atoms with Gasteiger partial charge in [0.15, 0.2) is 0 Å². The van der Waals surface area contributed by atoms with E-state index in [9.17, 15) is 20.1 Å². The van der Waals surface area contributed by atoms with Crippen LogP contribution in [0.1, 0.15) is 305 Å². The van der Waals surface area contributed by atoms with Gasteiger partial charge >= 0.3 is 11.9 Å². The predicted octanol–water partition coefficient (Wildman–Crippen LogP) is 30.5. The number of carbonyl (C=O) groups excluding carboxylic acids is 2. The number of hydrogen-bond donors (Lipinski definition) is 0. The van der Waals surface area contributed by atoms with Gasteiger partial charge in [-0.15, -0.1) is 79.4 Å². The summed E-state index contributed by atoms with van der Waals surface area (Å²) in [7, 11) is 0. The predicted molar refractivity (Wildman–Crippen MR) is 446 cm³/mol. The highest BCUT2D eigenvalue weighted by Crippen LogP contribution is 2.54. The van der Waals surface area contributed by atoms with Crippen molar-refractivity contribution < 1.29 is 19.1 Å². The number of aryl methyl sites for hydroxylation is 4. The van der Waals surface area contributed by atoms with Crippen molar-refractivity contribution in [2.24, 2.45) is 0 Å². The van der Waals surface area contributed by atoms with Crippen LogP contribution < -0.4 is 0 Å². The van der Waals surface area contributed by atoms with Gasteiger partial charge in [-0.25, -0.2) is 9.59 Å². The van der Waals surface area contributed by atoms with Gasteiger partial charge in [-0.2, -0.15) is 10.5 Å². The Morgan fingerprint density at radius 2 is 0.594 bits per heavy atom. The van der Waals surface area contributed by atoms with Crippen LogP contribution in [0.2, 0.25) is 0 Å². The van der Waals surface area contributed by atoms with Gasteiger partial charge < -0.3 is 9.47 Å². The van der Waals surface area contributed by atoms with Gasteiger partial charge in [0.05, 0.1) is 23.0 Å². The molecule has 0 fully saturated rings. The van der Waals surface area contributed by atoms with Crippen molar-refractivity contribution in [1.82, 2.24) is 0 Å². The molecule has 0 spiro atoms. The van der Waals surface area contributed by atoms with E-state index in [0.717, 1.165) is 86.8 Å².